The highest BCUT2D eigenvalue weighted by Gasteiger charge is 2.40. The Morgan fingerprint density at radius 3 is 2.55 bits per heavy atom. The number of nitrogens with zero attached hydrogens (tertiary/aromatic N) is 3. The third kappa shape index (κ3) is 2.17. The molecule has 104 valence electrons. The molecule has 1 aromatic carbocycles. The van der Waals surface area contributed by atoms with E-state index in [0.29, 0.717) is 5.69 Å². The maximum Gasteiger partial charge on any atom is 0.274 e. The van der Waals surface area contributed by atoms with Crippen LogP contribution in [0.15, 0.2) is 30.5 Å². The number of carbonyl (C=O) groups excluding carboxylic acids is 1. The Morgan fingerprint density at radius 2 is 2.05 bits per heavy atom. The monoisotopic (exact) mass is 274 g/mol. The molecule has 1 amide bonds. The topological polar surface area (TPSA) is 59.8 Å². The van der Waals surface area contributed by atoms with Crippen LogP contribution in [0.2, 0.25) is 0 Å². The normalized spacial score (nSPS) is 16.5. The molecule has 0 atom stereocenters. The van der Waals surface area contributed by atoms with E-state index in [1.165, 1.54) is 16.8 Å². The Labute approximate surface area is 115 Å². The van der Waals surface area contributed by atoms with Crippen molar-refractivity contribution in [2.45, 2.75) is 24.8 Å². The van der Waals surface area contributed by atoms with Crippen LogP contribution in [0.3, 0.4) is 0 Å². The van der Waals surface area contributed by atoms with Crippen molar-refractivity contribution in [1.82, 2.24) is 20.3 Å². The van der Waals surface area contributed by atoms with Crippen LogP contribution in [0.4, 0.5) is 4.39 Å². The molecule has 1 aliphatic rings. The predicted octanol–water partition coefficient (Wildman–Crippen LogP) is 1.76. The summed E-state index contributed by atoms with van der Waals surface area (Å²) in [5.41, 5.74) is 0.825. The number of carbonyl (C=O) groups is 1. The Balaban J connectivity index is 1.83. The van der Waals surface area contributed by atoms with Gasteiger partial charge in [0, 0.05) is 7.05 Å². The molecule has 0 bridgehead atoms. The van der Waals surface area contributed by atoms with E-state index in [9.17, 15) is 9.18 Å². The minimum atomic E-state index is -0.400. The maximum absolute atomic E-state index is 13.0. The largest absolute Gasteiger partial charge is 0.341 e. The average Bonchev–Trinajstić information content (AvgIpc) is 2.82. The summed E-state index contributed by atoms with van der Waals surface area (Å²) >= 11 is 0. The van der Waals surface area contributed by atoms with E-state index in [-0.39, 0.29) is 11.7 Å². The van der Waals surface area contributed by atoms with Crippen LogP contribution in [-0.4, -0.2) is 20.9 Å². The Hall–Kier alpha value is -2.24. The highest BCUT2D eigenvalue weighted by Crippen LogP contribution is 2.41. The first-order valence-electron chi connectivity index (χ1n) is 6.54. The SMILES string of the molecule is Cn1cc(C(=O)NC2(c3ccc(F)cc3)CCC2)nn1. The molecule has 1 N–H and O–H groups in total. The molecule has 5 nitrogen and oxygen atoms in total. The molecule has 1 heterocycles. The number of amides is 1. The quantitative estimate of drug-likeness (QED) is 0.927. The molecule has 0 aliphatic heterocycles. The van der Waals surface area contributed by atoms with E-state index in [0.717, 1.165) is 24.8 Å². The second-order valence-electron chi connectivity index (χ2n) is 5.17. The molecule has 3 rings (SSSR count). The first kappa shape index (κ1) is 12.8. The van der Waals surface area contributed by atoms with Crippen LogP contribution >= 0.6 is 0 Å². The highest BCUT2D eigenvalue weighted by molar-refractivity contribution is 5.92. The summed E-state index contributed by atoms with van der Waals surface area (Å²) < 4.78 is 14.5. The van der Waals surface area contributed by atoms with Gasteiger partial charge in [-0.25, -0.2) is 4.39 Å². The number of hydrogen-bond acceptors (Lipinski definition) is 3. The van der Waals surface area contributed by atoms with Crippen LogP contribution in [0, 0.1) is 5.82 Å². The van der Waals surface area contributed by atoms with E-state index >= 15 is 0 Å². The fourth-order valence-corrected chi connectivity index (χ4v) is 2.52. The van der Waals surface area contributed by atoms with Gasteiger partial charge in [-0.2, -0.15) is 0 Å². The molecule has 0 spiro atoms. The number of hydrogen-bond donors (Lipinski definition) is 1. The number of rotatable bonds is 3. The van der Waals surface area contributed by atoms with Crippen molar-refractivity contribution in [3.63, 3.8) is 0 Å². The van der Waals surface area contributed by atoms with Gasteiger partial charge in [0.1, 0.15) is 5.82 Å². The van der Waals surface area contributed by atoms with Crippen molar-refractivity contribution < 1.29 is 9.18 Å². The minimum absolute atomic E-state index is 0.248. The number of halogens is 1. The molecule has 1 fully saturated rings. The van der Waals surface area contributed by atoms with E-state index in [4.69, 9.17) is 0 Å². The third-order valence-electron chi connectivity index (χ3n) is 3.79. The van der Waals surface area contributed by atoms with Gasteiger partial charge in [-0.3, -0.25) is 9.48 Å². The minimum Gasteiger partial charge on any atom is -0.341 e. The first-order chi connectivity index (χ1) is 9.59. The van der Waals surface area contributed by atoms with Gasteiger partial charge in [-0.15, -0.1) is 5.10 Å². The third-order valence-corrected chi connectivity index (χ3v) is 3.79. The second kappa shape index (κ2) is 4.70. The van der Waals surface area contributed by atoms with Gasteiger partial charge < -0.3 is 5.32 Å². The summed E-state index contributed by atoms with van der Waals surface area (Å²) in [6.45, 7) is 0. The van der Waals surface area contributed by atoms with Crippen LogP contribution in [-0.2, 0) is 12.6 Å². The summed E-state index contributed by atoms with van der Waals surface area (Å²) in [6, 6.07) is 6.30. The lowest BCUT2D eigenvalue weighted by molar-refractivity contribution is 0.0818. The highest BCUT2D eigenvalue weighted by atomic mass is 19.1. The van der Waals surface area contributed by atoms with Gasteiger partial charge >= 0.3 is 0 Å². The van der Waals surface area contributed by atoms with Gasteiger partial charge in [0.2, 0.25) is 0 Å². The summed E-state index contributed by atoms with van der Waals surface area (Å²) in [7, 11) is 1.71. The first-order valence-corrected chi connectivity index (χ1v) is 6.54. The molecule has 0 saturated heterocycles. The fraction of sp³-hybridized carbons (Fsp3) is 0.357. The lowest BCUT2D eigenvalue weighted by Crippen LogP contribution is -2.50. The molecule has 1 aromatic heterocycles. The predicted molar refractivity (Wildman–Crippen MR) is 70.4 cm³/mol. The van der Waals surface area contributed by atoms with Gasteiger partial charge in [0.25, 0.3) is 5.91 Å². The zero-order valence-corrected chi connectivity index (χ0v) is 11.1. The van der Waals surface area contributed by atoms with Gasteiger partial charge in [-0.05, 0) is 37.0 Å². The number of aromatic nitrogens is 3. The molecule has 1 aliphatic carbocycles. The molecule has 0 unspecified atom stereocenters. The van der Waals surface area contributed by atoms with E-state index in [2.05, 4.69) is 15.6 Å². The van der Waals surface area contributed by atoms with Crippen LogP contribution < -0.4 is 5.32 Å². The number of benzene rings is 1. The molecule has 20 heavy (non-hydrogen) atoms. The van der Waals surface area contributed by atoms with Crippen molar-refractivity contribution in [3.05, 3.63) is 47.5 Å². The lowest BCUT2D eigenvalue weighted by atomic mass is 9.71. The molecule has 1 saturated carbocycles. The molecular weight excluding hydrogens is 259 g/mol. The summed E-state index contributed by atoms with van der Waals surface area (Å²) in [5, 5.41) is 10.6. The van der Waals surface area contributed by atoms with E-state index in [1.807, 2.05) is 0 Å². The Bertz CT molecular complexity index is 631. The van der Waals surface area contributed by atoms with Crippen molar-refractivity contribution in [2.24, 2.45) is 7.05 Å². The Kier molecular flexibility index (Phi) is 3.00. The van der Waals surface area contributed by atoms with Crippen molar-refractivity contribution in [3.8, 4) is 0 Å². The van der Waals surface area contributed by atoms with E-state index < -0.39 is 5.54 Å². The van der Waals surface area contributed by atoms with Crippen LogP contribution in [0.25, 0.3) is 0 Å². The summed E-state index contributed by atoms with van der Waals surface area (Å²) in [5.74, 6) is -0.523. The van der Waals surface area contributed by atoms with E-state index in [1.54, 1.807) is 25.4 Å². The molecule has 0 radical (unpaired) electrons. The zero-order valence-electron chi connectivity index (χ0n) is 11.1. The fourth-order valence-electron chi connectivity index (χ4n) is 2.52. The van der Waals surface area contributed by atoms with Crippen molar-refractivity contribution >= 4 is 5.91 Å². The van der Waals surface area contributed by atoms with Crippen LogP contribution in [0.1, 0.15) is 35.3 Å². The maximum atomic E-state index is 13.0. The molecular formula is C14H15FN4O. The smallest absolute Gasteiger partial charge is 0.274 e. The van der Waals surface area contributed by atoms with Crippen LogP contribution in [0.5, 0.6) is 0 Å². The molecule has 2 aromatic rings. The van der Waals surface area contributed by atoms with Gasteiger partial charge in [0.15, 0.2) is 5.69 Å². The lowest BCUT2D eigenvalue weighted by Gasteiger charge is -2.43. The van der Waals surface area contributed by atoms with Crippen molar-refractivity contribution in [1.29, 1.82) is 0 Å². The summed E-state index contributed by atoms with van der Waals surface area (Å²) in [4.78, 5) is 12.2. The molecule has 6 heteroatoms. The standard InChI is InChI=1S/C14H15FN4O/c1-19-9-12(17-18-19)13(20)16-14(7-2-8-14)10-3-5-11(15)6-4-10/h3-6,9H,2,7-8H2,1H3,(H,16,20). The number of aryl methyl sites for hydroxylation is 1. The summed E-state index contributed by atoms with van der Waals surface area (Å²) in [6.07, 6.45) is 4.32. The van der Waals surface area contributed by atoms with Gasteiger partial charge in [-0.1, -0.05) is 17.3 Å². The van der Waals surface area contributed by atoms with Gasteiger partial charge in [0.05, 0.1) is 11.7 Å². The second-order valence-corrected chi connectivity index (χ2v) is 5.17. The van der Waals surface area contributed by atoms with Crippen molar-refractivity contribution in [2.75, 3.05) is 0 Å². The number of nitrogens with one attached hydrogen (secondary N) is 1. The zero-order chi connectivity index (χ0) is 14.2. The average molecular weight is 274 g/mol. The Morgan fingerprint density at radius 1 is 1.35 bits per heavy atom.